The molecule has 2 aliphatic rings. The Morgan fingerprint density at radius 3 is 2.16 bits per heavy atom. The largest absolute Gasteiger partial charge is 0.508 e. The smallest absolute Gasteiger partial charge is 0.315 e. The van der Waals surface area contributed by atoms with Gasteiger partial charge in [-0.15, -0.1) is 5.10 Å². The van der Waals surface area contributed by atoms with E-state index >= 15 is 0 Å². The molecule has 75 heavy (non-hydrogen) atoms. The van der Waals surface area contributed by atoms with E-state index in [1.54, 1.807) is 85.1 Å². The van der Waals surface area contributed by atoms with E-state index in [9.17, 15) is 42.6 Å². The maximum Gasteiger partial charge on any atom is 0.315 e. The minimum atomic E-state index is -4.00. The van der Waals surface area contributed by atoms with Gasteiger partial charge in [-0.05, 0) is 73.4 Å². The Morgan fingerprint density at radius 2 is 1.44 bits per heavy atom. The van der Waals surface area contributed by atoms with Crippen LogP contribution in [0.1, 0.15) is 104 Å². The molecule has 0 spiro atoms. The van der Waals surface area contributed by atoms with Gasteiger partial charge in [0, 0.05) is 61.0 Å². The summed E-state index contributed by atoms with van der Waals surface area (Å²) in [5, 5.41) is 45.6. The number of amides is 5. The molecule has 18 nitrogen and oxygen atoms in total. The number of sulfonamides is 1. The molecular formula is C55H69N9O9S2. The van der Waals surface area contributed by atoms with Gasteiger partial charge in [0.05, 0.1) is 41.9 Å². The molecular weight excluding hydrogens is 995 g/mol. The first-order valence-corrected chi connectivity index (χ1v) is 28.2. The van der Waals surface area contributed by atoms with Crippen molar-refractivity contribution in [1.82, 2.24) is 45.9 Å². The van der Waals surface area contributed by atoms with Crippen molar-refractivity contribution in [2.75, 3.05) is 25.4 Å². The lowest BCUT2D eigenvalue weighted by Crippen LogP contribution is -2.47. The molecule has 3 heterocycles. The average Bonchev–Trinajstić information content (AvgIpc) is 4.14. The number of aliphatic hydroxyl groups excluding tert-OH is 1. The second kappa shape index (κ2) is 27.3. The minimum absolute atomic E-state index is 0.0125. The first-order chi connectivity index (χ1) is 36.1. The molecule has 0 bridgehead atoms. The van der Waals surface area contributed by atoms with E-state index in [1.807, 2.05) is 31.7 Å². The number of benzene rings is 4. The molecule has 1 unspecified atom stereocenters. The van der Waals surface area contributed by atoms with E-state index < -0.39 is 34.1 Å². The van der Waals surface area contributed by atoms with E-state index in [0.717, 1.165) is 30.6 Å². The van der Waals surface area contributed by atoms with Crippen LogP contribution in [-0.2, 0) is 43.8 Å². The SMILES string of the molecule is CC(C)CN(CC(O)[C@H](Cc1ccc(O)cc1)n1cc(CNC(=O)[C@H](Cc2ccc(C(=O)c3ccccc3)cc2)NC(=O)CCCCCNC(=O)CCCC[C@@H]2SC[C@@H]3NC(=O)N[C@@H]32)nn1)S(=O)(=O)c1ccccc1. The fourth-order valence-electron chi connectivity index (χ4n) is 9.32. The van der Waals surface area contributed by atoms with Crippen LogP contribution >= 0.6 is 11.8 Å². The Morgan fingerprint density at radius 1 is 0.787 bits per heavy atom. The molecule has 0 aliphatic carbocycles. The van der Waals surface area contributed by atoms with Gasteiger partial charge in [-0.3, -0.25) is 19.2 Å². The summed E-state index contributed by atoms with van der Waals surface area (Å²) in [5.74, 6) is -0.0696. The average molecular weight is 1060 g/mol. The lowest BCUT2D eigenvalue weighted by Gasteiger charge is -2.30. The number of urea groups is 1. The quantitative estimate of drug-likeness (QED) is 0.0179. The Hall–Kier alpha value is -6.61. The van der Waals surface area contributed by atoms with Crippen molar-refractivity contribution >= 4 is 51.3 Å². The number of aromatic nitrogens is 3. The van der Waals surface area contributed by atoms with Gasteiger partial charge >= 0.3 is 6.03 Å². The summed E-state index contributed by atoms with van der Waals surface area (Å²) >= 11 is 1.86. The van der Waals surface area contributed by atoms with E-state index in [0.29, 0.717) is 59.9 Å². The molecule has 20 heteroatoms. The summed E-state index contributed by atoms with van der Waals surface area (Å²) in [4.78, 5) is 64.9. The number of phenols is 1. The van der Waals surface area contributed by atoms with Crippen LogP contribution in [0, 0.1) is 5.92 Å². The van der Waals surface area contributed by atoms with Crippen LogP contribution in [0.25, 0.3) is 0 Å². The Kier molecular flexibility index (Phi) is 20.4. The van der Waals surface area contributed by atoms with Crippen LogP contribution in [0.4, 0.5) is 4.79 Å². The number of nitrogens with one attached hydrogen (secondary N) is 5. The van der Waals surface area contributed by atoms with Gasteiger partial charge in [-0.2, -0.15) is 16.1 Å². The number of rotatable bonds is 29. The topological polar surface area (TPSA) is 254 Å². The van der Waals surface area contributed by atoms with Gasteiger partial charge in [0.15, 0.2) is 5.78 Å². The molecule has 7 N–H and O–H groups in total. The number of aromatic hydroxyl groups is 1. The number of fused-ring (bicyclic) bond motifs is 1. The number of nitrogens with zero attached hydrogens (tertiary/aromatic N) is 4. The summed E-state index contributed by atoms with van der Waals surface area (Å²) in [7, 11) is -4.00. The second-order valence-corrected chi connectivity index (χ2v) is 22.9. The van der Waals surface area contributed by atoms with Gasteiger partial charge in [0.25, 0.3) is 0 Å². The van der Waals surface area contributed by atoms with E-state index in [2.05, 4.69) is 36.9 Å². The normalized spacial score (nSPS) is 17.4. The number of hydrogen-bond donors (Lipinski definition) is 7. The van der Waals surface area contributed by atoms with Crippen LogP contribution < -0.4 is 26.6 Å². The third-order valence-electron chi connectivity index (χ3n) is 13.3. The molecule has 2 saturated heterocycles. The molecule has 7 rings (SSSR count). The first-order valence-electron chi connectivity index (χ1n) is 25.8. The van der Waals surface area contributed by atoms with Gasteiger partial charge < -0.3 is 36.8 Å². The van der Waals surface area contributed by atoms with Gasteiger partial charge in [-0.25, -0.2) is 17.9 Å². The van der Waals surface area contributed by atoms with Crippen molar-refractivity contribution in [3.8, 4) is 5.75 Å². The van der Waals surface area contributed by atoms with Gasteiger partial charge in [0.2, 0.25) is 27.7 Å². The van der Waals surface area contributed by atoms with E-state index in [4.69, 9.17) is 0 Å². The summed E-state index contributed by atoms with van der Waals surface area (Å²) < 4.78 is 30.5. The number of ketones is 1. The summed E-state index contributed by atoms with van der Waals surface area (Å²) in [6.07, 6.45) is 5.70. The summed E-state index contributed by atoms with van der Waals surface area (Å²) in [5.41, 5.74) is 2.80. The minimum Gasteiger partial charge on any atom is -0.508 e. The predicted molar refractivity (Wildman–Crippen MR) is 286 cm³/mol. The van der Waals surface area contributed by atoms with Crippen LogP contribution in [0.2, 0.25) is 0 Å². The monoisotopic (exact) mass is 1060 g/mol. The van der Waals surface area contributed by atoms with Crippen molar-refractivity contribution in [2.45, 2.75) is 125 Å². The van der Waals surface area contributed by atoms with Crippen LogP contribution in [0.5, 0.6) is 5.75 Å². The molecule has 5 aromatic rings. The molecule has 0 radical (unpaired) electrons. The van der Waals surface area contributed by atoms with Crippen molar-refractivity contribution in [3.63, 3.8) is 0 Å². The first kappa shape index (κ1) is 56.1. The van der Waals surface area contributed by atoms with Crippen molar-refractivity contribution in [2.24, 2.45) is 5.92 Å². The third kappa shape index (κ3) is 16.4. The predicted octanol–water partition coefficient (Wildman–Crippen LogP) is 5.45. The zero-order chi connectivity index (χ0) is 53.3. The highest BCUT2D eigenvalue weighted by Crippen LogP contribution is 2.33. The number of phenolic OH excluding ortho intramolecular Hbond substituents is 1. The van der Waals surface area contributed by atoms with E-state index in [-0.39, 0.29) is 91.2 Å². The number of thioether (sulfide) groups is 1. The highest BCUT2D eigenvalue weighted by atomic mass is 32.2. The zero-order valence-electron chi connectivity index (χ0n) is 42.5. The van der Waals surface area contributed by atoms with Crippen molar-refractivity contribution in [1.29, 1.82) is 0 Å². The molecule has 6 atom stereocenters. The van der Waals surface area contributed by atoms with Crippen LogP contribution in [0.15, 0.2) is 120 Å². The number of carbonyl (C=O) groups is 5. The molecule has 4 aromatic carbocycles. The Bertz CT molecular complexity index is 2780. The van der Waals surface area contributed by atoms with Crippen LogP contribution in [-0.4, -0.2) is 122 Å². The highest BCUT2D eigenvalue weighted by Gasteiger charge is 2.42. The second-order valence-electron chi connectivity index (χ2n) is 19.7. The number of unbranched alkanes of at least 4 members (excludes halogenated alkanes) is 3. The molecule has 2 fully saturated rings. The number of hydrogen-bond acceptors (Lipinski definition) is 12. The zero-order valence-corrected chi connectivity index (χ0v) is 44.1. The van der Waals surface area contributed by atoms with Crippen LogP contribution in [0.3, 0.4) is 0 Å². The van der Waals surface area contributed by atoms with Crippen molar-refractivity contribution < 1.29 is 42.6 Å². The molecule has 400 valence electrons. The van der Waals surface area contributed by atoms with Crippen molar-refractivity contribution in [3.05, 3.63) is 143 Å². The lowest BCUT2D eigenvalue weighted by atomic mass is 9.99. The Labute approximate surface area is 443 Å². The lowest BCUT2D eigenvalue weighted by molar-refractivity contribution is -0.129. The summed E-state index contributed by atoms with van der Waals surface area (Å²) in [6.45, 7) is 4.07. The van der Waals surface area contributed by atoms with E-state index in [1.165, 1.54) is 33.3 Å². The molecule has 5 amide bonds. The molecule has 0 saturated carbocycles. The fraction of sp³-hybridized carbons (Fsp3) is 0.436. The number of aliphatic hydroxyl groups is 1. The van der Waals surface area contributed by atoms with Gasteiger partial charge in [-0.1, -0.05) is 117 Å². The maximum atomic E-state index is 14.0. The standard InChI is InChI=1S/C55H69N9O9S2/c1-37(2)33-63(75(72,73)44-16-8-4-9-17-44)35-48(66)47(31-39-23-27-43(65)28-24-39)64-34-42(61-62-64)32-57-54(70)45(30-38-21-25-41(26-22-38)53(69)40-14-6-3-7-15-40)58-51(68)20-10-5-13-29-56-50(67)19-12-11-18-49-52-46(36-74-49)59-55(71)60-52/h3-4,6-9,14-17,21-28,34,37,45-49,52,65-66H,5,10-13,18-20,29-33,35-36H2,1-2H3,(H,56,67)(H,57,70)(H,58,68)(H2,59,60,71)/t45-,46-,47-,48?,49-,52-/m0/s1. The third-order valence-corrected chi connectivity index (χ3v) is 16.7. The Balaban J connectivity index is 0.950. The highest BCUT2D eigenvalue weighted by molar-refractivity contribution is 8.00. The van der Waals surface area contributed by atoms with Gasteiger partial charge in [0.1, 0.15) is 17.5 Å². The summed E-state index contributed by atoms with van der Waals surface area (Å²) in [6, 6.07) is 28.7. The number of carbonyl (C=O) groups excluding carboxylic acids is 5. The molecule has 2 aliphatic heterocycles. The fourth-order valence-corrected chi connectivity index (χ4v) is 12.5. The maximum absolute atomic E-state index is 14.0. The molecule has 1 aromatic heterocycles.